The van der Waals surface area contributed by atoms with E-state index in [1.165, 1.54) is 20.0 Å². The third-order valence-electron chi connectivity index (χ3n) is 4.20. The highest BCUT2D eigenvalue weighted by atomic mass is 35.5. The van der Waals surface area contributed by atoms with E-state index in [1.54, 1.807) is 36.4 Å². The molecule has 0 saturated heterocycles. The normalized spacial score (nSPS) is 13.9. The van der Waals surface area contributed by atoms with E-state index in [1.807, 2.05) is 0 Å². The first-order valence-corrected chi connectivity index (χ1v) is 9.42. The molecule has 148 valence electrons. The van der Waals surface area contributed by atoms with Crippen molar-refractivity contribution in [2.24, 2.45) is 11.1 Å². The third-order valence-corrected chi connectivity index (χ3v) is 4.79. The van der Waals surface area contributed by atoms with Gasteiger partial charge in [-0.05, 0) is 30.4 Å². The molecular formula is C20H19Cl2NO5. The van der Waals surface area contributed by atoms with Gasteiger partial charge in [0.05, 0.1) is 16.7 Å². The molecule has 1 aliphatic rings. The van der Waals surface area contributed by atoms with Crippen LogP contribution in [0, 0.1) is 5.92 Å². The summed E-state index contributed by atoms with van der Waals surface area (Å²) in [7, 11) is 1.29. The maximum Gasteiger partial charge on any atom is 0.358 e. The molecule has 1 saturated carbocycles. The summed E-state index contributed by atoms with van der Waals surface area (Å²) in [5, 5.41) is 13.7. The summed E-state index contributed by atoms with van der Waals surface area (Å²) in [4.78, 5) is 16.1. The Morgan fingerprint density at radius 3 is 2.46 bits per heavy atom. The molecule has 8 heteroatoms. The number of ether oxygens (including phenoxy) is 2. The molecule has 0 bridgehead atoms. The number of carboxylic acids is 1. The summed E-state index contributed by atoms with van der Waals surface area (Å²) < 4.78 is 11.6. The first kappa shape index (κ1) is 20.3. The van der Waals surface area contributed by atoms with Crippen LogP contribution in [0.25, 0.3) is 0 Å². The van der Waals surface area contributed by atoms with Gasteiger partial charge in [0.1, 0.15) is 25.2 Å². The predicted octanol–water partition coefficient (Wildman–Crippen LogP) is 4.80. The molecule has 6 nitrogen and oxygen atoms in total. The predicted molar refractivity (Wildman–Crippen MR) is 107 cm³/mol. The fraction of sp³-hybridized carbons (Fsp3) is 0.300. The highest BCUT2D eigenvalue weighted by Gasteiger charge is 2.23. The van der Waals surface area contributed by atoms with E-state index >= 15 is 0 Å². The van der Waals surface area contributed by atoms with Crippen LogP contribution in [0.5, 0.6) is 11.5 Å². The number of halogens is 2. The molecule has 0 atom stereocenters. The Balaban J connectivity index is 1.79. The average Bonchev–Trinajstić information content (AvgIpc) is 3.49. The maximum atomic E-state index is 11.5. The largest absolute Gasteiger partial charge is 0.492 e. The molecule has 28 heavy (non-hydrogen) atoms. The van der Waals surface area contributed by atoms with E-state index in [-0.39, 0.29) is 12.3 Å². The lowest BCUT2D eigenvalue weighted by molar-refractivity contribution is -0.129. The molecule has 2 aromatic carbocycles. The highest BCUT2D eigenvalue weighted by Crippen LogP contribution is 2.38. The third kappa shape index (κ3) is 5.09. The number of carboxylic acid groups (broad SMARTS) is 1. The van der Waals surface area contributed by atoms with Gasteiger partial charge in [0.25, 0.3) is 0 Å². The second kappa shape index (κ2) is 9.17. The fourth-order valence-electron chi connectivity index (χ4n) is 2.55. The van der Waals surface area contributed by atoms with Crippen LogP contribution in [0.15, 0.2) is 41.6 Å². The van der Waals surface area contributed by atoms with Crippen LogP contribution in [0.3, 0.4) is 0 Å². The molecule has 0 spiro atoms. The number of hydrogen-bond donors (Lipinski definition) is 1. The van der Waals surface area contributed by atoms with E-state index in [4.69, 9.17) is 32.7 Å². The molecule has 1 N–H and O–H groups in total. The number of nitrogens with zero attached hydrogens (tertiary/aromatic N) is 1. The summed E-state index contributed by atoms with van der Waals surface area (Å²) in [6.45, 7) is 0.689. The van der Waals surface area contributed by atoms with Gasteiger partial charge in [0.15, 0.2) is 5.71 Å². The lowest BCUT2D eigenvalue weighted by atomic mass is 10.0. The van der Waals surface area contributed by atoms with E-state index in [9.17, 15) is 9.90 Å². The molecular weight excluding hydrogens is 405 g/mol. The number of aliphatic carboxylic acids is 1. The molecule has 3 rings (SSSR count). The molecule has 1 aliphatic carbocycles. The Morgan fingerprint density at radius 2 is 1.82 bits per heavy atom. The van der Waals surface area contributed by atoms with Crippen LogP contribution >= 0.6 is 23.2 Å². The van der Waals surface area contributed by atoms with Crippen LogP contribution in [0.2, 0.25) is 10.0 Å². The SMILES string of the molecule is CO/N=C(/C(=O)O)c1ccccc1COc1cc(OCC2CC2)c(Cl)cc1Cl. The average molecular weight is 424 g/mol. The fourth-order valence-corrected chi connectivity index (χ4v) is 3.04. The van der Waals surface area contributed by atoms with Crippen LogP contribution in [-0.2, 0) is 16.2 Å². The van der Waals surface area contributed by atoms with Gasteiger partial charge >= 0.3 is 5.97 Å². The van der Waals surface area contributed by atoms with Crippen molar-refractivity contribution in [1.29, 1.82) is 0 Å². The molecule has 0 unspecified atom stereocenters. The first-order chi connectivity index (χ1) is 13.5. The highest BCUT2D eigenvalue weighted by molar-refractivity contribution is 6.42. The van der Waals surface area contributed by atoms with E-state index in [0.29, 0.717) is 45.2 Å². The number of oxime groups is 1. The second-order valence-electron chi connectivity index (χ2n) is 6.34. The summed E-state index contributed by atoms with van der Waals surface area (Å²) in [6, 6.07) is 10.1. The monoisotopic (exact) mass is 423 g/mol. The lowest BCUT2D eigenvalue weighted by Gasteiger charge is -2.14. The second-order valence-corrected chi connectivity index (χ2v) is 7.16. The molecule has 1 fully saturated rings. The van der Waals surface area contributed by atoms with Gasteiger partial charge in [-0.1, -0.05) is 52.6 Å². The van der Waals surface area contributed by atoms with Crippen molar-refractivity contribution in [3.05, 3.63) is 57.6 Å². The topological polar surface area (TPSA) is 77.4 Å². The number of rotatable bonds is 9. The standard InChI is InChI=1S/C20H19Cl2NO5/c1-26-23-19(20(24)25)14-5-3-2-4-13(14)11-28-18-9-17(15(21)8-16(18)22)27-10-12-6-7-12/h2-5,8-9,12H,6-7,10-11H2,1H3,(H,24,25)/b23-19+. The van der Waals surface area contributed by atoms with Crippen LogP contribution < -0.4 is 9.47 Å². The van der Waals surface area contributed by atoms with E-state index < -0.39 is 5.97 Å². The molecule has 0 aliphatic heterocycles. The lowest BCUT2D eigenvalue weighted by Crippen LogP contribution is -2.17. The minimum absolute atomic E-state index is 0.0790. The van der Waals surface area contributed by atoms with Crippen LogP contribution in [0.4, 0.5) is 0 Å². The van der Waals surface area contributed by atoms with E-state index in [2.05, 4.69) is 9.99 Å². The summed E-state index contributed by atoms with van der Waals surface area (Å²) in [6.07, 6.45) is 2.33. The Labute approximate surface area is 172 Å². The van der Waals surface area contributed by atoms with Crippen molar-refractivity contribution in [2.45, 2.75) is 19.4 Å². The Hall–Kier alpha value is -2.44. The minimum atomic E-state index is -1.20. The van der Waals surface area contributed by atoms with Crippen molar-refractivity contribution in [1.82, 2.24) is 0 Å². The molecule has 0 aromatic heterocycles. The number of hydrogen-bond acceptors (Lipinski definition) is 5. The summed E-state index contributed by atoms with van der Waals surface area (Å²) in [5.41, 5.74) is 0.802. The summed E-state index contributed by atoms with van der Waals surface area (Å²) in [5.74, 6) is 0.285. The van der Waals surface area contributed by atoms with Crippen LogP contribution in [0.1, 0.15) is 24.0 Å². The van der Waals surface area contributed by atoms with Crippen molar-refractivity contribution in [3.63, 3.8) is 0 Å². The van der Waals surface area contributed by atoms with Gasteiger partial charge in [-0.25, -0.2) is 4.79 Å². The minimum Gasteiger partial charge on any atom is -0.492 e. The van der Waals surface area contributed by atoms with Crippen LogP contribution in [-0.4, -0.2) is 30.5 Å². The van der Waals surface area contributed by atoms with Gasteiger partial charge in [-0.2, -0.15) is 0 Å². The Morgan fingerprint density at radius 1 is 1.14 bits per heavy atom. The smallest absolute Gasteiger partial charge is 0.358 e. The van der Waals surface area contributed by atoms with Crippen molar-refractivity contribution >= 4 is 34.9 Å². The molecule has 0 heterocycles. The maximum absolute atomic E-state index is 11.5. The molecule has 2 aromatic rings. The van der Waals surface area contributed by atoms with Gasteiger partial charge in [0, 0.05) is 11.6 Å². The van der Waals surface area contributed by atoms with Crippen molar-refractivity contribution in [3.8, 4) is 11.5 Å². The van der Waals surface area contributed by atoms with Gasteiger partial charge in [0.2, 0.25) is 0 Å². The van der Waals surface area contributed by atoms with Gasteiger partial charge < -0.3 is 19.4 Å². The van der Waals surface area contributed by atoms with Crippen molar-refractivity contribution in [2.75, 3.05) is 13.7 Å². The molecule has 0 amide bonds. The quantitative estimate of drug-likeness (QED) is 0.463. The zero-order chi connectivity index (χ0) is 20.1. The van der Waals surface area contributed by atoms with Gasteiger partial charge in [-0.3, -0.25) is 0 Å². The Bertz CT molecular complexity index is 896. The molecule has 0 radical (unpaired) electrons. The number of carbonyl (C=O) groups is 1. The zero-order valence-electron chi connectivity index (χ0n) is 15.2. The van der Waals surface area contributed by atoms with Gasteiger partial charge in [-0.15, -0.1) is 0 Å². The van der Waals surface area contributed by atoms with E-state index in [0.717, 1.165) is 0 Å². The zero-order valence-corrected chi connectivity index (χ0v) is 16.7. The first-order valence-electron chi connectivity index (χ1n) is 8.67. The number of benzene rings is 2. The Kier molecular flexibility index (Phi) is 6.65. The van der Waals surface area contributed by atoms with Crippen molar-refractivity contribution < 1.29 is 24.2 Å². The summed E-state index contributed by atoms with van der Waals surface area (Å²) >= 11 is 12.4.